The van der Waals surface area contributed by atoms with E-state index in [9.17, 15) is 27.7 Å². The minimum atomic E-state index is -5.08. The number of pyridine rings is 1. The quantitative estimate of drug-likeness (QED) is 0.477. The fraction of sp³-hybridized carbons (Fsp3) is 0.375. The van der Waals surface area contributed by atoms with Gasteiger partial charge in [0.1, 0.15) is 12.4 Å². The van der Waals surface area contributed by atoms with Gasteiger partial charge < -0.3 is 9.47 Å². The van der Waals surface area contributed by atoms with Crippen LogP contribution in [-0.4, -0.2) is 23.4 Å². The van der Waals surface area contributed by atoms with Gasteiger partial charge >= 0.3 is 12.0 Å². The number of nitro groups is 1. The van der Waals surface area contributed by atoms with Crippen molar-refractivity contribution < 1.29 is 32.0 Å². The molecule has 0 aliphatic heterocycles. The molecule has 0 unspecified atom stereocenters. The first-order valence-electron chi connectivity index (χ1n) is 4.32. The van der Waals surface area contributed by atoms with Gasteiger partial charge in [-0.15, -0.1) is 13.2 Å². The predicted octanol–water partition coefficient (Wildman–Crippen LogP) is 2.37. The molecule has 18 heavy (non-hydrogen) atoms. The highest BCUT2D eigenvalue weighted by Gasteiger charge is 2.34. The highest BCUT2D eigenvalue weighted by atomic mass is 19.4. The van der Waals surface area contributed by atoms with Crippen LogP contribution in [0.1, 0.15) is 5.69 Å². The summed E-state index contributed by atoms with van der Waals surface area (Å²) in [5.41, 5.74) is -1.51. The molecule has 0 spiro atoms. The normalized spacial score (nSPS) is 11.2. The molecule has 0 amide bonds. The Bertz CT molecular complexity index is 463. The Morgan fingerprint density at radius 3 is 2.50 bits per heavy atom. The number of rotatable bonds is 4. The number of aromatic nitrogens is 1. The van der Waals surface area contributed by atoms with Gasteiger partial charge in [0.15, 0.2) is 0 Å². The van der Waals surface area contributed by atoms with Crippen LogP contribution >= 0.6 is 0 Å². The minimum Gasteiger partial charge on any atom is -0.489 e. The summed E-state index contributed by atoms with van der Waals surface area (Å²) in [6.07, 6.45) is -5.08. The van der Waals surface area contributed by atoms with E-state index >= 15 is 0 Å². The summed E-state index contributed by atoms with van der Waals surface area (Å²) >= 11 is 0. The SMILES string of the molecule is COc1c([N+](=O)[O-])cc(OC(F)(F)F)nc1CF. The third-order valence-electron chi connectivity index (χ3n) is 1.75. The van der Waals surface area contributed by atoms with Crippen molar-refractivity contribution in [3.8, 4) is 11.6 Å². The smallest absolute Gasteiger partial charge is 0.489 e. The summed E-state index contributed by atoms with van der Waals surface area (Å²) in [5.74, 6) is -1.67. The molecule has 0 bridgehead atoms. The van der Waals surface area contributed by atoms with E-state index in [-0.39, 0.29) is 0 Å². The second-order valence-corrected chi connectivity index (χ2v) is 2.90. The van der Waals surface area contributed by atoms with Crippen molar-refractivity contribution in [2.75, 3.05) is 7.11 Å². The van der Waals surface area contributed by atoms with Crippen LogP contribution in [0, 0.1) is 10.1 Å². The van der Waals surface area contributed by atoms with Gasteiger partial charge in [-0.25, -0.2) is 9.37 Å². The highest BCUT2D eigenvalue weighted by Crippen LogP contribution is 2.35. The monoisotopic (exact) mass is 270 g/mol. The zero-order valence-corrected chi connectivity index (χ0v) is 8.82. The summed E-state index contributed by atoms with van der Waals surface area (Å²) in [4.78, 5) is 12.7. The molecule has 0 saturated carbocycles. The first kappa shape index (κ1) is 13.9. The van der Waals surface area contributed by atoms with Crippen LogP contribution < -0.4 is 9.47 Å². The zero-order valence-electron chi connectivity index (χ0n) is 8.82. The van der Waals surface area contributed by atoms with Gasteiger partial charge in [0.2, 0.25) is 11.6 Å². The Hall–Kier alpha value is -2.13. The number of hydrogen-bond donors (Lipinski definition) is 0. The average molecular weight is 270 g/mol. The molecule has 6 nitrogen and oxygen atoms in total. The molecule has 0 N–H and O–H groups in total. The van der Waals surface area contributed by atoms with E-state index in [0.717, 1.165) is 7.11 Å². The second kappa shape index (κ2) is 5.02. The van der Waals surface area contributed by atoms with Gasteiger partial charge in [-0.2, -0.15) is 0 Å². The van der Waals surface area contributed by atoms with Crippen LogP contribution in [0.4, 0.5) is 23.2 Å². The molecule has 1 rings (SSSR count). The molecule has 0 aliphatic carbocycles. The van der Waals surface area contributed by atoms with Crippen molar-refractivity contribution in [2.45, 2.75) is 13.0 Å². The fourth-order valence-corrected chi connectivity index (χ4v) is 1.17. The number of alkyl halides is 4. The van der Waals surface area contributed by atoms with Crippen molar-refractivity contribution in [1.82, 2.24) is 4.98 Å². The molecular formula is C8H6F4N2O4. The number of halogens is 4. The van der Waals surface area contributed by atoms with Crippen LogP contribution in [0.3, 0.4) is 0 Å². The summed E-state index contributed by atoms with van der Waals surface area (Å²) in [6, 6.07) is 0.408. The molecule has 1 aromatic heterocycles. The lowest BCUT2D eigenvalue weighted by Gasteiger charge is -2.10. The fourth-order valence-electron chi connectivity index (χ4n) is 1.17. The molecule has 0 saturated heterocycles. The maximum absolute atomic E-state index is 12.5. The first-order valence-corrected chi connectivity index (χ1v) is 4.32. The second-order valence-electron chi connectivity index (χ2n) is 2.90. The standard InChI is InChI=1S/C8H6F4N2O4/c1-17-7-4(3-9)13-6(18-8(10,11)12)2-5(7)14(15)16/h2H,3H2,1H3. The number of hydrogen-bond acceptors (Lipinski definition) is 5. The number of methoxy groups -OCH3 is 1. The first-order chi connectivity index (χ1) is 8.28. The number of nitrogens with zero attached hydrogens (tertiary/aromatic N) is 2. The third kappa shape index (κ3) is 3.18. The van der Waals surface area contributed by atoms with Crippen LogP contribution in [0.2, 0.25) is 0 Å². The lowest BCUT2D eigenvalue weighted by Crippen LogP contribution is -2.18. The molecule has 0 aromatic carbocycles. The molecule has 0 aliphatic rings. The largest absolute Gasteiger partial charge is 0.574 e. The van der Waals surface area contributed by atoms with Crippen molar-refractivity contribution >= 4 is 5.69 Å². The van der Waals surface area contributed by atoms with Crippen molar-refractivity contribution in [3.05, 3.63) is 21.9 Å². The lowest BCUT2D eigenvalue weighted by atomic mass is 10.3. The third-order valence-corrected chi connectivity index (χ3v) is 1.75. The summed E-state index contributed by atoms with van der Waals surface area (Å²) in [6.45, 7) is -1.33. The van der Waals surface area contributed by atoms with E-state index in [4.69, 9.17) is 0 Å². The van der Waals surface area contributed by atoms with E-state index in [0.29, 0.717) is 6.07 Å². The molecule has 1 aromatic rings. The maximum Gasteiger partial charge on any atom is 0.574 e. The topological polar surface area (TPSA) is 74.5 Å². The molecule has 10 heteroatoms. The predicted molar refractivity (Wildman–Crippen MR) is 48.9 cm³/mol. The minimum absolute atomic E-state index is 0.408. The van der Waals surface area contributed by atoms with Gasteiger partial charge in [0, 0.05) is 0 Å². The molecule has 100 valence electrons. The van der Waals surface area contributed by atoms with Crippen molar-refractivity contribution in [2.24, 2.45) is 0 Å². The van der Waals surface area contributed by atoms with Crippen molar-refractivity contribution in [1.29, 1.82) is 0 Å². The van der Waals surface area contributed by atoms with Crippen LogP contribution in [-0.2, 0) is 6.67 Å². The van der Waals surface area contributed by atoms with Gasteiger partial charge in [0.25, 0.3) is 0 Å². The molecule has 0 atom stereocenters. The average Bonchev–Trinajstić information content (AvgIpc) is 2.25. The van der Waals surface area contributed by atoms with E-state index in [1.54, 1.807) is 0 Å². The van der Waals surface area contributed by atoms with Gasteiger partial charge in [-0.05, 0) is 0 Å². The number of ether oxygens (including phenoxy) is 2. The summed E-state index contributed by atoms with van der Waals surface area (Å²) < 4.78 is 56.3. The van der Waals surface area contributed by atoms with E-state index in [1.165, 1.54) is 0 Å². The molecule has 0 fully saturated rings. The van der Waals surface area contributed by atoms with Gasteiger partial charge in [-0.3, -0.25) is 10.1 Å². The van der Waals surface area contributed by atoms with Crippen molar-refractivity contribution in [3.63, 3.8) is 0 Å². The highest BCUT2D eigenvalue weighted by molar-refractivity contribution is 5.51. The van der Waals surface area contributed by atoms with Crippen LogP contribution in [0.25, 0.3) is 0 Å². The Morgan fingerprint density at radius 2 is 2.11 bits per heavy atom. The Balaban J connectivity index is 3.32. The zero-order chi connectivity index (χ0) is 13.9. The van der Waals surface area contributed by atoms with Crippen LogP contribution in [0.5, 0.6) is 11.6 Å². The van der Waals surface area contributed by atoms with E-state index in [2.05, 4.69) is 14.5 Å². The Morgan fingerprint density at radius 1 is 1.50 bits per heavy atom. The van der Waals surface area contributed by atoms with Gasteiger partial charge in [-0.1, -0.05) is 0 Å². The Kier molecular flexibility index (Phi) is 3.89. The Labute approximate surface area is 97.3 Å². The lowest BCUT2D eigenvalue weighted by molar-refractivity contribution is -0.386. The maximum atomic E-state index is 12.5. The molecular weight excluding hydrogens is 264 g/mol. The molecule has 0 radical (unpaired) electrons. The van der Waals surface area contributed by atoms with Crippen LogP contribution in [0.15, 0.2) is 6.07 Å². The van der Waals surface area contributed by atoms with Gasteiger partial charge in [0.05, 0.1) is 18.1 Å². The summed E-state index contributed by atoms with van der Waals surface area (Å²) in [5, 5.41) is 10.6. The summed E-state index contributed by atoms with van der Waals surface area (Å²) in [7, 11) is 1.01. The van der Waals surface area contributed by atoms with E-state index in [1.807, 2.05) is 0 Å². The van der Waals surface area contributed by atoms with E-state index < -0.39 is 41.0 Å². The molecule has 1 heterocycles.